The fraction of sp³-hybridized carbons (Fsp3) is 0.304. The first-order valence-corrected chi connectivity index (χ1v) is 11.9. The quantitative estimate of drug-likeness (QED) is 0.405. The van der Waals surface area contributed by atoms with E-state index < -0.39 is 18.6 Å². The van der Waals surface area contributed by atoms with Crippen LogP contribution in [0.25, 0.3) is 16.9 Å². The molecule has 0 aliphatic carbocycles. The van der Waals surface area contributed by atoms with Gasteiger partial charge < -0.3 is 11.1 Å². The molecule has 0 bridgehead atoms. The fourth-order valence-electron chi connectivity index (χ4n) is 4.36. The van der Waals surface area contributed by atoms with Crippen LogP contribution in [0.2, 0.25) is 0 Å². The SMILES string of the molecule is NC(=O)c1cc(-c2cnc(Nc3ccc(C4CCN(CC(F)(F)F)CC4)cc3)c3ncnn23)cs1. The third kappa shape index (κ3) is 5.13. The number of alkyl halides is 3. The third-order valence-corrected chi connectivity index (χ3v) is 7.02. The van der Waals surface area contributed by atoms with Crippen molar-refractivity contribution in [3.63, 3.8) is 0 Å². The largest absolute Gasteiger partial charge is 0.401 e. The Balaban J connectivity index is 1.29. The van der Waals surface area contributed by atoms with Crippen LogP contribution in [0.5, 0.6) is 0 Å². The van der Waals surface area contributed by atoms with Crippen LogP contribution < -0.4 is 11.1 Å². The maximum absolute atomic E-state index is 12.6. The summed E-state index contributed by atoms with van der Waals surface area (Å²) in [4.78, 5) is 22.2. The number of nitrogens with one attached hydrogen (secondary N) is 1. The summed E-state index contributed by atoms with van der Waals surface area (Å²) in [5.74, 6) is 0.271. The van der Waals surface area contributed by atoms with E-state index in [2.05, 4.69) is 20.4 Å². The molecular formula is C23H22F3N7OS. The lowest BCUT2D eigenvalue weighted by molar-refractivity contribution is -0.147. The highest BCUT2D eigenvalue weighted by molar-refractivity contribution is 7.12. The van der Waals surface area contributed by atoms with Crippen LogP contribution in [-0.4, -0.2) is 56.2 Å². The Morgan fingerprint density at radius 3 is 2.57 bits per heavy atom. The van der Waals surface area contributed by atoms with Crippen molar-refractivity contribution >= 4 is 34.4 Å². The summed E-state index contributed by atoms with van der Waals surface area (Å²) < 4.78 is 39.5. The standard InChI is InChI=1S/C23H22F3N7OS/c24-23(25,26)12-32-7-5-15(6-8-32)14-1-3-17(4-2-14)31-21-22-29-13-30-33(22)18(10-28-21)16-9-19(20(27)34)35-11-16/h1-4,9-11,13,15H,5-8,12H2,(H2,27,34)(H,28,31). The highest BCUT2D eigenvalue weighted by atomic mass is 32.1. The molecule has 1 aliphatic rings. The molecule has 0 unspecified atom stereocenters. The number of fused-ring (bicyclic) bond motifs is 1. The Morgan fingerprint density at radius 1 is 1.17 bits per heavy atom. The number of likely N-dealkylation sites (tertiary alicyclic amines) is 1. The number of benzene rings is 1. The molecule has 1 saturated heterocycles. The van der Waals surface area contributed by atoms with Gasteiger partial charge in [0.1, 0.15) is 6.33 Å². The van der Waals surface area contributed by atoms with Crippen LogP contribution in [0.1, 0.15) is 34.0 Å². The Hall–Kier alpha value is -3.51. The van der Waals surface area contributed by atoms with E-state index in [1.54, 1.807) is 16.8 Å². The van der Waals surface area contributed by atoms with Crippen LogP contribution in [0.4, 0.5) is 24.7 Å². The first kappa shape index (κ1) is 23.2. The van der Waals surface area contributed by atoms with Gasteiger partial charge >= 0.3 is 6.18 Å². The van der Waals surface area contributed by atoms with Gasteiger partial charge in [0.25, 0.3) is 5.91 Å². The molecule has 1 aliphatic heterocycles. The lowest BCUT2D eigenvalue weighted by Gasteiger charge is -2.32. The molecule has 1 aromatic carbocycles. The lowest BCUT2D eigenvalue weighted by atomic mass is 9.89. The summed E-state index contributed by atoms with van der Waals surface area (Å²) in [6.45, 7) is 0.0386. The predicted molar refractivity (Wildman–Crippen MR) is 127 cm³/mol. The van der Waals surface area contributed by atoms with Crippen LogP contribution in [0, 0.1) is 0 Å². The van der Waals surface area contributed by atoms with Crippen LogP contribution in [0.15, 0.2) is 48.2 Å². The number of nitrogens with two attached hydrogens (primary N) is 1. The highest BCUT2D eigenvalue weighted by Gasteiger charge is 2.32. The van der Waals surface area contributed by atoms with Gasteiger partial charge in [-0.1, -0.05) is 12.1 Å². The molecule has 1 fully saturated rings. The Labute approximate surface area is 202 Å². The average Bonchev–Trinajstić information content (AvgIpc) is 3.50. The zero-order valence-corrected chi connectivity index (χ0v) is 19.3. The topological polar surface area (TPSA) is 101 Å². The molecule has 182 valence electrons. The van der Waals surface area contributed by atoms with E-state index in [0.717, 1.165) is 16.8 Å². The normalized spacial score (nSPS) is 15.5. The van der Waals surface area contributed by atoms with Gasteiger partial charge in [0.05, 0.1) is 23.3 Å². The predicted octanol–water partition coefficient (Wildman–Crippen LogP) is 4.44. The lowest BCUT2D eigenvalue weighted by Crippen LogP contribution is -2.39. The van der Waals surface area contributed by atoms with Gasteiger partial charge in [-0.2, -0.15) is 18.3 Å². The van der Waals surface area contributed by atoms with Crippen molar-refractivity contribution in [2.24, 2.45) is 5.73 Å². The molecule has 0 radical (unpaired) electrons. The van der Waals surface area contributed by atoms with E-state index in [1.807, 2.05) is 29.6 Å². The van der Waals surface area contributed by atoms with Gasteiger partial charge in [0.2, 0.25) is 0 Å². The van der Waals surface area contributed by atoms with Gasteiger partial charge in [-0.05, 0) is 55.6 Å². The Bertz CT molecular complexity index is 1340. The van der Waals surface area contributed by atoms with Crippen molar-refractivity contribution in [1.82, 2.24) is 24.5 Å². The maximum Gasteiger partial charge on any atom is 0.401 e. The zero-order chi connectivity index (χ0) is 24.6. The number of anilines is 2. The number of hydrogen-bond acceptors (Lipinski definition) is 7. The average molecular weight is 502 g/mol. The van der Waals surface area contributed by atoms with E-state index in [-0.39, 0.29) is 5.92 Å². The highest BCUT2D eigenvalue weighted by Crippen LogP contribution is 2.32. The van der Waals surface area contributed by atoms with E-state index in [1.165, 1.54) is 22.6 Å². The van der Waals surface area contributed by atoms with Gasteiger partial charge in [-0.25, -0.2) is 14.5 Å². The minimum atomic E-state index is -4.15. The van der Waals surface area contributed by atoms with E-state index in [9.17, 15) is 18.0 Å². The smallest absolute Gasteiger partial charge is 0.365 e. The Morgan fingerprint density at radius 2 is 1.91 bits per heavy atom. The summed E-state index contributed by atoms with van der Waals surface area (Å²) in [5, 5.41) is 9.37. The number of rotatable bonds is 6. The number of halogens is 3. The number of nitrogens with zero attached hydrogens (tertiary/aromatic N) is 5. The van der Waals surface area contributed by atoms with Crippen molar-refractivity contribution < 1.29 is 18.0 Å². The number of hydrogen-bond donors (Lipinski definition) is 2. The molecule has 4 heterocycles. The fourth-order valence-corrected chi connectivity index (χ4v) is 5.11. The third-order valence-electron chi connectivity index (χ3n) is 6.08. The molecule has 3 N–H and O–H groups in total. The summed E-state index contributed by atoms with van der Waals surface area (Å²) in [5.41, 5.74) is 9.25. The second kappa shape index (κ2) is 9.27. The second-order valence-corrected chi connectivity index (χ2v) is 9.38. The molecule has 35 heavy (non-hydrogen) atoms. The first-order valence-electron chi connectivity index (χ1n) is 11.0. The molecule has 0 spiro atoms. The van der Waals surface area contributed by atoms with Gasteiger partial charge in [0.15, 0.2) is 11.5 Å². The molecule has 0 saturated carbocycles. The molecule has 1 amide bonds. The summed E-state index contributed by atoms with van der Waals surface area (Å²) >= 11 is 1.25. The molecule has 5 rings (SSSR count). The van der Waals surface area contributed by atoms with Crippen LogP contribution in [-0.2, 0) is 0 Å². The van der Waals surface area contributed by atoms with Crippen molar-refractivity contribution in [2.45, 2.75) is 24.9 Å². The summed E-state index contributed by atoms with van der Waals surface area (Å²) in [6.07, 6.45) is 0.332. The molecule has 3 aromatic heterocycles. The van der Waals surface area contributed by atoms with Crippen molar-refractivity contribution in [3.05, 3.63) is 58.7 Å². The molecule has 12 heteroatoms. The summed E-state index contributed by atoms with van der Waals surface area (Å²) in [6, 6.07) is 9.55. The molecule has 4 aromatic rings. The first-order chi connectivity index (χ1) is 16.8. The van der Waals surface area contributed by atoms with E-state index in [4.69, 9.17) is 5.73 Å². The van der Waals surface area contributed by atoms with Gasteiger partial charge in [-0.3, -0.25) is 9.69 Å². The Kier molecular flexibility index (Phi) is 6.15. The summed E-state index contributed by atoms with van der Waals surface area (Å²) in [7, 11) is 0. The molecule has 8 nitrogen and oxygen atoms in total. The molecular weight excluding hydrogens is 479 g/mol. The number of aromatic nitrogens is 4. The second-order valence-electron chi connectivity index (χ2n) is 8.46. The van der Waals surface area contributed by atoms with E-state index in [0.29, 0.717) is 48.0 Å². The number of thiophene rings is 1. The number of carbonyl (C=O) groups excluding carboxylic acids is 1. The van der Waals surface area contributed by atoms with Crippen molar-refractivity contribution in [1.29, 1.82) is 0 Å². The zero-order valence-electron chi connectivity index (χ0n) is 18.5. The van der Waals surface area contributed by atoms with E-state index >= 15 is 0 Å². The minimum Gasteiger partial charge on any atom is -0.365 e. The van der Waals surface area contributed by atoms with Gasteiger partial charge in [-0.15, -0.1) is 11.3 Å². The minimum absolute atomic E-state index is 0.241. The number of piperidine rings is 1. The van der Waals surface area contributed by atoms with Crippen molar-refractivity contribution in [3.8, 4) is 11.3 Å². The maximum atomic E-state index is 12.6. The van der Waals surface area contributed by atoms with Crippen molar-refractivity contribution in [2.75, 3.05) is 25.0 Å². The number of carbonyl (C=O) groups is 1. The number of amides is 1. The van der Waals surface area contributed by atoms with Crippen LogP contribution in [0.3, 0.4) is 0 Å². The van der Waals surface area contributed by atoms with Crippen LogP contribution >= 0.6 is 11.3 Å². The number of primary amides is 1. The monoisotopic (exact) mass is 501 g/mol. The van der Waals surface area contributed by atoms with Gasteiger partial charge in [0, 0.05) is 16.6 Å². The molecule has 0 atom stereocenters.